The first-order valence-corrected chi connectivity index (χ1v) is 13.1. The topological polar surface area (TPSA) is 99.9 Å². The number of rotatable bonds is 5. The van der Waals surface area contributed by atoms with E-state index in [0.717, 1.165) is 11.3 Å². The normalized spacial score (nSPS) is 16.7. The van der Waals surface area contributed by atoms with Crippen LogP contribution in [0.4, 0.5) is 21.1 Å². The summed E-state index contributed by atoms with van der Waals surface area (Å²) in [7, 11) is 1.59. The van der Waals surface area contributed by atoms with E-state index in [2.05, 4.69) is 9.88 Å². The van der Waals surface area contributed by atoms with Crippen LogP contribution < -0.4 is 14.5 Å². The highest BCUT2D eigenvalue weighted by Gasteiger charge is 2.34. The van der Waals surface area contributed by atoms with E-state index in [0.29, 0.717) is 49.9 Å². The van der Waals surface area contributed by atoms with Crippen molar-refractivity contribution in [1.29, 1.82) is 0 Å². The van der Waals surface area contributed by atoms with Gasteiger partial charge in [0.1, 0.15) is 22.8 Å². The summed E-state index contributed by atoms with van der Waals surface area (Å²) in [4.78, 5) is 49.8. The lowest BCUT2D eigenvalue weighted by atomic mass is 10.2. The van der Waals surface area contributed by atoms with Crippen molar-refractivity contribution in [3.63, 3.8) is 0 Å². The number of imidazole rings is 1. The Bertz CT molecular complexity index is 1370. The summed E-state index contributed by atoms with van der Waals surface area (Å²) in [6, 6.07) is 10.9. The Morgan fingerprint density at radius 2 is 1.72 bits per heavy atom. The number of amides is 4. The molecule has 4 amide bonds. The van der Waals surface area contributed by atoms with Crippen LogP contribution >= 0.6 is 0 Å². The van der Waals surface area contributed by atoms with Crippen LogP contribution in [-0.2, 0) is 16.1 Å². The summed E-state index contributed by atoms with van der Waals surface area (Å²) in [6.07, 6.45) is 3.50. The molecule has 1 aromatic carbocycles. The average Bonchev–Trinajstić information content (AvgIpc) is 3.33. The SMILES string of the molecule is COc1ccc(CN2C(=O)CCN(c3cnc4cc(N5CCN(C(=O)OC(C)(C)C)CC5)ccn34)C2=O)cc1. The molecule has 0 spiro atoms. The maximum absolute atomic E-state index is 13.4. The van der Waals surface area contributed by atoms with Crippen molar-refractivity contribution in [2.45, 2.75) is 39.3 Å². The molecule has 0 aliphatic carbocycles. The Labute approximate surface area is 227 Å². The van der Waals surface area contributed by atoms with Crippen molar-refractivity contribution in [3.8, 4) is 5.75 Å². The van der Waals surface area contributed by atoms with E-state index in [1.54, 1.807) is 23.1 Å². The number of carbonyl (C=O) groups excluding carboxylic acids is 3. The van der Waals surface area contributed by atoms with Crippen molar-refractivity contribution in [1.82, 2.24) is 19.2 Å². The van der Waals surface area contributed by atoms with Crippen LogP contribution in [0.5, 0.6) is 5.75 Å². The maximum atomic E-state index is 13.4. The number of fused-ring (bicyclic) bond motifs is 1. The molecule has 0 bridgehead atoms. The van der Waals surface area contributed by atoms with Gasteiger partial charge in [-0.2, -0.15) is 0 Å². The minimum Gasteiger partial charge on any atom is -0.497 e. The highest BCUT2D eigenvalue weighted by atomic mass is 16.6. The number of imide groups is 1. The number of benzene rings is 1. The van der Waals surface area contributed by atoms with Crippen LogP contribution in [-0.4, -0.2) is 82.7 Å². The fraction of sp³-hybridized carbons (Fsp3) is 0.429. The summed E-state index contributed by atoms with van der Waals surface area (Å²) in [5, 5.41) is 0. The number of nitrogens with zero attached hydrogens (tertiary/aromatic N) is 6. The molecular formula is C28H34N6O5. The standard InChI is InChI=1S/C28H34N6O5/c1-28(2,3)39-27(37)31-15-13-30(14-16-31)21-9-11-32-23(17-21)29-18-24(32)33-12-10-25(35)34(26(33)36)19-20-5-7-22(38-4)8-6-20/h5-9,11,17-18H,10,12-16,19H2,1-4H3. The highest BCUT2D eigenvalue weighted by molar-refractivity contribution is 6.05. The molecule has 2 saturated heterocycles. The number of methoxy groups -OCH3 is 1. The molecule has 2 aliphatic rings. The second-order valence-electron chi connectivity index (χ2n) is 10.7. The van der Waals surface area contributed by atoms with Crippen molar-refractivity contribution >= 4 is 35.2 Å². The molecule has 39 heavy (non-hydrogen) atoms. The van der Waals surface area contributed by atoms with E-state index < -0.39 is 5.60 Å². The molecular weight excluding hydrogens is 500 g/mol. The van der Waals surface area contributed by atoms with Crippen LogP contribution in [0.25, 0.3) is 5.65 Å². The maximum Gasteiger partial charge on any atom is 0.410 e. The predicted octanol–water partition coefficient (Wildman–Crippen LogP) is 3.76. The number of piperazine rings is 1. The predicted molar refractivity (Wildman–Crippen MR) is 146 cm³/mol. The van der Waals surface area contributed by atoms with Crippen molar-refractivity contribution in [2.75, 3.05) is 49.6 Å². The van der Waals surface area contributed by atoms with E-state index in [1.807, 2.05) is 67.8 Å². The van der Waals surface area contributed by atoms with Crippen molar-refractivity contribution in [3.05, 3.63) is 54.4 Å². The van der Waals surface area contributed by atoms with Gasteiger partial charge in [0.05, 0.1) is 19.9 Å². The summed E-state index contributed by atoms with van der Waals surface area (Å²) in [5.41, 5.74) is 2.01. The number of hydrogen-bond donors (Lipinski definition) is 0. The van der Waals surface area contributed by atoms with E-state index >= 15 is 0 Å². The van der Waals surface area contributed by atoms with Gasteiger partial charge < -0.3 is 19.3 Å². The Balaban J connectivity index is 1.28. The van der Waals surface area contributed by atoms with Crippen LogP contribution in [0.3, 0.4) is 0 Å². The van der Waals surface area contributed by atoms with Crippen LogP contribution in [0, 0.1) is 0 Å². The first-order chi connectivity index (χ1) is 18.6. The van der Waals surface area contributed by atoms with Gasteiger partial charge in [0.25, 0.3) is 0 Å². The molecule has 0 unspecified atom stereocenters. The van der Waals surface area contributed by atoms with Gasteiger partial charge in [0.2, 0.25) is 5.91 Å². The van der Waals surface area contributed by atoms with Crippen LogP contribution in [0.1, 0.15) is 32.8 Å². The molecule has 5 rings (SSSR count). The van der Waals surface area contributed by atoms with Gasteiger partial charge in [-0.15, -0.1) is 0 Å². The summed E-state index contributed by atoms with van der Waals surface area (Å²) < 4.78 is 12.6. The molecule has 4 heterocycles. The lowest BCUT2D eigenvalue weighted by molar-refractivity contribution is -0.129. The number of urea groups is 1. The van der Waals surface area contributed by atoms with E-state index in [-0.39, 0.29) is 31.0 Å². The highest BCUT2D eigenvalue weighted by Crippen LogP contribution is 2.27. The number of pyridine rings is 1. The minimum absolute atomic E-state index is 0.189. The smallest absolute Gasteiger partial charge is 0.410 e. The zero-order chi connectivity index (χ0) is 27.7. The quantitative estimate of drug-likeness (QED) is 0.491. The summed E-state index contributed by atoms with van der Waals surface area (Å²) in [5.74, 6) is 1.13. The fourth-order valence-electron chi connectivity index (χ4n) is 4.80. The van der Waals surface area contributed by atoms with Gasteiger partial charge in [-0.3, -0.25) is 19.0 Å². The van der Waals surface area contributed by atoms with Gasteiger partial charge >= 0.3 is 12.1 Å². The molecule has 2 aliphatic heterocycles. The van der Waals surface area contributed by atoms with Gasteiger partial charge in [-0.05, 0) is 44.5 Å². The zero-order valence-electron chi connectivity index (χ0n) is 22.8. The van der Waals surface area contributed by atoms with E-state index in [1.165, 1.54) is 4.90 Å². The fourth-order valence-corrected chi connectivity index (χ4v) is 4.80. The molecule has 0 saturated carbocycles. The van der Waals surface area contributed by atoms with Gasteiger partial charge in [-0.25, -0.2) is 14.6 Å². The van der Waals surface area contributed by atoms with Gasteiger partial charge in [0, 0.05) is 57.1 Å². The Hall–Kier alpha value is -4.28. The van der Waals surface area contributed by atoms with Crippen molar-refractivity contribution in [2.24, 2.45) is 0 Å². The third-order valence-corrected chi connectivity index (χ3v) is 6.86. The minimum atomic E-state index is -0.520. The molecule has 0 atom stereocenters. The van der Waals surface area contributed by atoms with E-state index in [9.17, 15) is 14.4 Å². The third kappa shape index (κ3) is 5.62. The molecule has 206 valence electrons. The lowest BCUT2D eigenvalue weighted by Gasteiger charge is -2.36. The number of aromatic nitrogens is 2. The second-order valence-corrected chi connectivity index (χ2v) is 10.7. The monoisotopic (exact) mass is 534 g/mol. The number of anilines is 2. The number of carbonyl (C=O) groups is 3. The molecule has 2 fully saturated rings. The average molecular weight is 535 g/mol. The van der Waals surface area contributed by atoms with Gasteiger partial charge in [-0.1, -0.05) is 12.1 Å². The molecule has 11 heteroatoms. The molecule has 3 aromatic rings. The van der Waals surface area contributed by atoms with Crippen molar-refractivity contribution < 1.29 is 23.9 Å². The lowest BCUT2D eigenvalue weighted by Crippen LogP contribution is -2.52. The number of ether oxygens (including phenoxy) is 2. The summed E-state index contributed by atoms with van der Waals surface area (Å²) >= 11 is 0. The molecule has 0 N–H and O–H groups in total. The first-order valence-electron chi connectivity index (χ1n) is 13.1. The number of hydrogen-bond acceptors (Lipinski definition) is 7. The summed E-state index contributed by atoms with van der Waals surface area (Å²) in [6.45, 7) is 8.56. The Morgan fingerprint density at radius 1 is 1.00 bits per heavy atom. The first kappa shape index (κ1) is 26.3. The molecule has 2 aromatic heterocycles. The van der Waals surface area contributed by atoms with E-state index in [4.69, 9.17) is 9.47 Å². The van der Waals surface area contributed by atoms with Crippen LogP contribution in [0.15, 0.2) is 48.8 Å². The molecule has 11 nitrogen and oxygen atoms in total. The Kier molecular flexibility index (Phi) is 7.07. The van der Waals surface area contributed by atoms with Crippen LogP contribution in [0.2, 0.25) is 0 Å². The molecule has 0 radical (unpaired) electrons. The van der Waals surface area contributed by atoms with Gasteiger partial charge in [0.15, 0.2) is 0 Å². The largest absolute Gasteiger partial charge is 0.497 e. The zero-order valence-corrected chi connectivity index (χ0v) is 22.8. The second kappa shape index (κ2) is 10.5. The Morgan fingerprint density at radius 3 is 2.38 bits per heavy atom. The third-order valence-electron chi connectivity index (χ3n) is 6.86.